The van der Waals surface area contributed by atoms with Crippen LogP contribution in [0, 0.1) is 6.92 Å². The monoisotopic (exact) mass is 351 g/mol. The van der Waals surface area contributed by atoms with Gasteiger partial charge in [0.2, 0.25) is 5.91 Å². The summed E-state index contributed by atoms with van der Waals surface area (Å²) < 4.78 is 5.04. The number of halogens is 1. The van der Waals surface area contributed by atoms with Gasteiger partial charge in [-0.05, 0) is 13.0 Å². The van der Waals surface area contributed by atoms with Crippen molar-refractivity contribution in [3.8, 4) is 11.3 Å². The number of primary amides is 1. The molecule has 8 nitrogen and oxygen atoms in total. The first-order valence-corrected chi connectivity index (χ1v) is 7.22. The molecule has 2 amide bonds. The number of carbonyl (C=O) groups is 3. The van der Waals surface area contributed by atoms with Crippen molar-refractivity contribution in [2.75, 3.05) is 0 Å². The molecule has 0 fully saturated rings. The highest BCUT2D eigenvalue weighted by atomic mass is 35.5. The van der Waals surface area contributed by atoms with Crippen LogP contribution < -0.4 is 11.1 Å². The van der Waals surface area contributed by atoms with E-state index in [2.05, 4.69) is 10.5 Å². The van der Waals surface area contributed by atoms with Crippen molar-refractivity contribution >= 4 is 29.4 Å². The Labute approximate surface area is 141 Å². The number of amides is 2. The molecular weight excluding hydrogens is 338 g/mol. The predicted octanol–water partition coefficient (Wildman–Crippen LogP) is 1.36. The lowest BCUT2D eigenvalue weighted by molar-refractivity contribution is -0.140. The fourth-order valence-corrected chi connectivity index (χ4v) is 2.33. The SMILES string of the molecule is Cc1onc(-c2ccccc2Cl)c1C(=O)N[C@@H](CC(N)=O)C(=O)O. The molecule has 1 atom stereocenters. The molecule has 0 aliphatic heterocycles. The molecule has 1 aromatic heterocycles. The zero-order valence-electron chi connectivity index (χ0n) is 12.6. The van der Waals surface area contributed by atoms with E-state index < -0.39 is 30.2 Å². The normalized spacial score (nSPS) is 11.8. The molecule has 0 radical (unpaired) electrons. The quantitative estimate of drug-likeness (QED) is 0.719. The molecule has 0 aliphatic rings. The van der Waals surface area contributed by atoms with Crippen LogP contribution in [-0.4, -0.2) is 34.1 Å². The molecule has 0 aliphatic carbocycles. The first-order valence-electron chi connectivity index (χ1n) is 6.84. The number of aliphatic carboxylic acids is 1. The molecular formula is C15H14ClN3O5. The number of benzene rings is 1. The van der Waals surface area contributed by atoms with Crippen LogP contribution in [0.1, 0.15) is 22.5 Å². The highest BCUT2D eigenvalue weighted by Gasteiger charge is 2.28. The second-order valence-corrected chi connectivity index (χ2v) is 5.38. The fraction of sp³-hybridized carbons (Fsp3) is 0.200. The van der Waals surface area contributed by atoms with Gasteiger partial charge in [-0.15, -0.1) is 0 Å². The number of carbonyl (C=O) groups excluding carboxylic acids is 2. The summed E-state index contributed by atoms with van der Waals surface area (Å²) in [6.45, 7) is 1.51. The number of hydrogen-bond acceptors (Lipinski definition) is 5. The highest BCUT2D eigenvalue weighted by molar-refractivity contribution is 6.33. The van der Waals surface area contributed by atoms with E-state index in [1.165, 1.54) is 6.92 Å². The van der Waals surface area contributed by atoms with E-state index in [9.17, 15) is 14.4 Å². The lowest BCUT2D eigenvalue weighted by Crippen LogP contribution is -2.43. The van der Waals surface area contributed by atoms with E-state index in [-0.39, 0.29) is 17.0 Å². The Hall–Kier alpha value is -2.87. The first-order chi connectivity index (χ1) is 11.3. The van der Waals surface area contributed by atoms with Crippen LogP contribution >= 0.6 is 11.6 Å². The topological polar surface area (TPSA) is 136 Å². The smallest absolute Gasteiger partial charge is 0.326 e. The molecule has 1 aromatic carbocycles. The summed E-state index contributed by atoms with van der Waals surface area (Å²) in [7, 11) is 0. The van der Waals surface area contributed by atoms with Gasteiger partial charge in [-0.3, -0.25) is 9.59 Å². The minimum atomic E-state index is -1.46. The molecule has 4 N–H and O–H groups in total. The Balaban J connectivity index is 2.37. The lowest BCUT2D eigenvalue weighted by Gasteiger charge is -2.13. The van der Waals surface area contributed by atoms with Crippen molar-refractivity contribution in [2.24, 2.45) is 5.73 Å². The standard InChI is InChI=1S/C15H14ClN3O5/c1-7-12(14(21)18-10(15(22)23)6-11(17)20)13(19-24-7)8-4-2-3-5-9(8)16/h2-5,10H,6H2,1H3,(H2,17,20)(H,18,21)(H,22,23)/t10-/m0/s1. The van der Waals surface area contributed by atoms with E-state index in [0.717, 1.165) is 0 Å². The fourth-order valence-electron chi connectivity index (χ4n) is 2.11. The third-order valence-corrected chi connectivity index (χ3v) is 3.56. The van der Waals surface area contributed by atoms with E-state index in [4.69, 9.17) is 27.0 Å². The van der Waals surface area contributed by atoms with E-state index >= 15 is 0 Å². The van der Waals surface area contributed by atoms with Crippen LogP contribution in [0.3, 0.4) is 0 Å². The molecule has 24 heavy (non-hydrogen) atoms. The van der Waals surface area contributed by atoms with Crippen LogP contribution in [0.4, 0.5) is 0 Å². The summed E-state index contributed by atoms with van der Waals surface area (Å²) in [5.74, 6) is -2.80. The zero-order valence-corrected chi connectivity index (χ0v) is 13.3. The van der Waals surface area contributed by atoms with Gasteiger partial charge >= 0.3 is 5.97 Å². The third kappa shape index (κ3) is 3.72. The maximum Gasteiger partial charge on any atom is 0.326 e. The maximum atomic E-state index is 12.5. The number of nitrogens with two attached hydrogens (primary N) is 1. The number of carboxylic acids is 1. The predicted molar refractivity (Wildman–Crippen MR) is 84.4 cm³/mol. The van der Waals surface area contributed by atoms with Crippen molar-refractivity contribution in [2.45, 2.75) is 19.4 Å². The summed E-state index contributed by atoms with van der Waals surface area (Å²) in [5, 5.41) is 15.5. The van der Waals surface area contributed by atoms with E-state index in [1.54, 1.807) is 24.3 Å². The average molecular weight is 352 g/mol. The number of carboxylic acid groups (broad SMARTS) is 1. The average Bonchev–Trinajstić information content (AvgIpc) is 2.88. The van der Waals surface area contributed by atoms with E-state index in [0.29, 0.717) is 10.6 Å². The minimum Gasteiger partial charge on any atom is -0.480 e. The number of aryl methyl sites for hydroxylation is 1. The number of hydrogen-bond donors (Lipinski definition) is 3. The highest BCUT2D eigenvalue weighted by Crippen LogP contribution is 2.30. The Morgan fingerprint density at radius 3 is 2.62 bits per heavy atom. The second-order valence-electron chi connectivity index (χ2n) is 4.98. The zero-order chi connectivity index (χ0) is 17.9. The molecule has 0 saturated heterocycles. The molecule has 9 heteroatoms. The van der Waals surface area contributed by atoms with Crippen molar-refractivity contribution in [3.05, 3.63) is 40.6 Å². The minimum absolute atomic E-state index is 0.0406. The van der Waals surface area contributed by atoms with Gasteiger partial charge in [0.1, 0.15) is 23.1 Å². The van der Waals surface area contributed by atoms with Crippen molar-refractivity contribution in [1.82, 2.24) is 10.5 Å². The van der Waals surface area contributed by atoms with Gasteiger partial charge in [-0.25, -0.2) is 4.79 Å². The van der Waals surface area contributed by atoms with Crippen LogP contribution in [0.5, 0.6) is 0 Å². The van der Waals surface area contributed by atoms with Gasteiger partial charge in [0.15, 0.2) is 0 Å². The van der Waals surface area contributed by atoms with Gasteiger partial charge in [0, 0.05) is 5.56 Å². The Morgan fingerprint density at radius 1 is 1.38 bits per heavy atom. The number of aromatic nitrogens is 1. The number of nitrogens with one attached hydrogen (secondary N) is 1. The first kappa shape index (κ1) is 17.5. The maximum absolute atomic E-state index is 12.5. The molecule has 126 valence electrons. The van der Waals surface area contributed by atoms with E-state index in [1.807, 2.05) is 0 Å². The van der Waals surface area contributed by atoms with Crippen molar-refractivity contribution in [1.29, 1.82) is 0 Å². The second kappa shape index (κ2) is 7.14. The molecule has 0 unspecified atom stereocenters. The molecule has 2 aromatic rings. The number of nitrogens with zero attached hydrogens (tertiary/aromatic N) is 1. The molecule has 2 rings (SSSR count). The molecule has 1 heterocycles. The summed E-state index contributed by atoms with van der Waals surface area (Å²) in [6, 6.07) is 5.24. The van der Waals surface area contributed by atoms with Gasteiger partial charge in [-0.1, -0.05) is 35.0 Å². The Kier molecular flexibility index (Phi) is 5.20. The summed E-state index contributed by atoms with van der Waals surface area (Å²) >= 11 is 6.10. The number of rotatable bonds is 6. The van der Waals surface area contributed by atoms with Crippen LogP contribution in [-0.2, 0) is 9.59 Å². The Bertz CT molecular complexity index is 802. The summed E-state index contributed by atoms with van der Waals surface area (Å²) in [4.78, 5) is 34.6. The Morgan fingerprint density at radius 2 is 2.04 bits per heavy atom. The summed E-state index contributed by atoms with van der Waals surface area (Å²) in [5.41, 5.74) is 5.68. The molecule has 0 saturated carbocycles. The lowest BCUT2D eigenvalue weighted by atomic mass is 10.0. The van der Waals surface area contributed by atoms with Gasteiger partial charge in [-0.2, -0.15) is 0 Å². The largest absolute Gasteiger partial charge is 0.480 e. The van der Waals surface area contributed by atoms with Crippen LogP contribution in [0.25, 0.3) is 11.3 Å². The molecule has 0 bridgehead atoms. The van der Waals surface area contributed by atoms with Crippen LogP contribution in [0.2, 0.25) is 5.02 Å². The van der Waals surface area contributed by atoms with Crippen molar-refractivity contribution in [3.63, 3.8) is 0 Å². The molecule has 0 spiro atoms. The van der Waals surface area contributed by atoms with Gasteiger partial charge in [0.25, 0.3) is 5.91 Å². The van der Waals surface area contributed by atoms with Gasteiger partial charge < -0.3 is 20.7 Å². The van der Waals surface area contributed by atoms with Crippen molar-refractivity contribution < 1.29 is 24.0 Å². The third-order valence-electron chi connectivity index (χ3n) is 3.23. The summed E-state index contributed by atoms with van der Waals surface area (Å²) in [6.07, 6.45) is -0.535. The van der Waals surface area contributed by atoms with Gasteiger partial charge in [0.05, 0.1) is 11.4 Å². The van der Waals surface area contributed by atoms with Crippen LogP contribution in [0.15, 0.2) is 28.8 Å².